The van der Waals surface area contributed by atoms with Crippen molar-refractivity contribution >= 4 is 5.69 Å². The monoisotopic (exact) mass is 272 g/mol. The second-order valence-electron chi connectivity index (χ2n) is 5.25. The topological polar surface area (TPSA) is 52.0 Å². The predicted molar refractivity (Wildman–Crippen MR) is 78.5 cm³/mol. The van der Waals surface area contributed by atoms with E-state index in [4.69, 9.17) is 4.74 Å². The van der Waals surface area contributed by atoms with Gasteiger partial charge in [0.15, 0.2) is 5.82 Å². The third kappa shape index (κ3) is 2.82. The van der Waals surface area contributed by atoms with Gasteiger partial charge in [-0.05, 0) is 30.9 Å². The van der Waals surface area contributed by atoms with Crippen LogP contribution >= 0.6 is 0 Å². The minimum absolute atomic E-state index is 0.691. The van der Waals surface area contributed by atoms with Gasteiger partial charge in [-0.2, -0.15) is 0 Å². The molecule has 2 heterocycles. The fraction of sp³-hybridized carbons (Fsp3) is 0.467. The number of hydrogen-bond donors (Lipinski definition) is 1. The van der Waals surface area contributed by atoms with Gasteiger partial charge < -0.3 is 14.6 Å². The number of hydrogen-bond acceptors (Lipinski definition) is 4. The Morgan fingerprint density at radius 3 is 2.85 bits per heavy atom. The van der Waals surface area contributed by atoms with Crippen molar-refractivity contribution in [2.24, 2.45) is 13.0 Å². The first-order chi connectivity index (χ1) is 9.84. The number of aromatic nitrogens is 3. The van der Waals surface area contributed by atoms with Crippen LogP contribution < -0.4 is 5.32 Å². The molecule has 1 aromatic heterocycles. The molecule has 1 aliphatic heterocycles. The molecule has 5 nitrogen and oxygen atoms in total. The number of ether oxygens (including phenoxy) is 1. The Morgan fingerprint density at radius 1 is 1.30 bits per heavy atom. The second kappa shape index (κ2) is 6.05. The average Bonchev–Trinajstić information content (AvgIpc) is 2.92. The third-order valence-corrected chi connectivity index (χ3v) is 3.80. The highest BCUT2D eigenvalue weighted by atomic mass is 16.5. The van der Waals surface area contributed by atoms with Gasteiger partial charge in [-0.25, -0.2) is 0 Å². The summed E-state index contributed by atoms with van der Waals surface area (Å²) in [7, 11) is 1.96. The van der Waals surface area contributed by atoms with Gasteiger partial charge in [0.05, 0.1) is 0 Å². The minimum Gasteiger partial charge on any atom is -0.384 e. The zero-order chi connectivity index (χ0) is 13.8. The molecule has 3 rings (SSSR count). The molecule has 1 N–H and O–H groups in total. The molecule has 0 amide bonds. The van der Waals surface area contributed by atoms with Gasteiger partial charge in [0.2, 0.25) is 0 Å². The van der Waals surface area contributed by atoms with Crippen molar-refractivity contribution in [1.29, 1.82) is 0 Å². The molecule has 0 bridgehead atoms. The maximum absolute atomic E-state index is 5.40. The van der Waals surface area contributed by atoms with Crippen molar-refractivity contribution < 1.29 is 4.74 Å². The Balaban J connectivity index is 1.74. The SMILES string of the molecule is Cn1cnnc1-c1ccccc1NCC1CCOCC1. The van der Waals surface area contributed by atoms with E-state index in [9.17, 15) is 0 Å². The summed E-state index contributed by atoms with van der Waals surface area (Å²) < 4.78 is 7.34. The van der Waals surface area contributed by atoms with Crippen LogP contribution in [0.25, 0.3) is 11.4 Å². The number of benzene rings is 1. The molecule has 106 valence electrons. The quantitative estimate of drug-likeness (QED) is 0.928. The van der Waals surface area contributed by atoms with Gasteiger partial charge in [0.25, 0.3) is 0 Å². The summed E-state index contributed by atoms with van der Waals surface area (Å²) >= 11 is 0. The zero-order valence-electron chi connectivity index (χ0n) is 11.7. The van der Waals surface area contributed by atoms with E-state index < -0.39 is 0 Å². The summed E-state index contributed by atoms with van der Waals surface area (Å²) in [5, 5.41) is 11.7. The number of para-hydroxylation sites is 1. The number of nitrogens with one attached hydrogen (secondary N) is 1. The van der Waals surface area contributed by atoms with Crippen LogP contribution in [-0.2, 0) is 11.8 Å². The van der Waals surface area contributed by atoms with Gasteiger partial charge >= 0.3 is 0 Å². The molecule has 0 saturated carbocycles. The highest BCUT2D eigenvalue weighted by Gasteiger charge is 2.15. The molecule has 0 atom stereocenters. The fourth-order valence-electron chi connectivity index (χ4n) is 2.56. The van der Waals surface area contributed by atoms with E-state index in [1.165, 1.54) is 0 Å². The Kier molecular flexibility index (Phi) is 3.97. The number of nitrogens with zero attached hydrogens (tertiary/aromatic N) is 3. The molecule has 2 aromatic rings. The third-order valence-electron chi connectivity index (χ3n) is 3.80. The molecule has 0 radical (unpaired) electrons. The van der Waals surface area contributed by atoms with E-state index in [1.807, 2.05) is 23.7 Å². The number of rotatable bonds is 4. The second-order valence-corrected chi connectivity index (χ2v) is 5.25. The first kappa shape index (κ1) is 13.1. The van der Waals surface area contributed by atoms with Crippen molar-refractivity contribution in [1.82, 2.24) is 14.8 Å². The van der Waals surface area contributed by atoms with Crippen LogP contribution in [-0.4, -0.2) is 34.5 Å². The summed E-state index contributed by atoms with van der Waals surface area (Å²) in [5.41, 5.74) is 2.22. The maximum Gasteiger partial charge on any atom is 0.165 e. The fourth-order valence-corrected chi connectivity index (χ4v) is 2.56. The Hall–Kier alpha value is -1.88. The lowest BCUT2D eigenvalue weighted by molar-refractivity contribution is 0.0699. The number of aryl methyl sites for hydroxylation is 1. The Bertz CT molecular complexity index is 561. The van der Waals surface area contributed by atoms with Crippen molar-refractivity contribution in [2.75, 3.05) is 25.1 Å². The van der Waals surface area contributed by atoms with Gasteiger partial charge in [0.1, 0.15) is 6.33 Å². The van der Waals surface area contributed by atoms with Gasteiger partial charge in [-0.1, -0.05) is 12.1 Å². The van der Waals surface area contributed by atoms with Crippen molar-refractivity contribution in [3.05, 3.63) is 30.6 Å². The summed E-state index contributed by atoms with van der Waals surface area (Å²) in [5.74, 6) is 1.58. The first-order valence-corrected chi connectivity index (χ1v) is 7.09. The molecular formula is C15H20N4O. The molecule has 1 aromatic carbocycles. The van der Waals surface area contributed by atoms with Crippen LogP contribution in [0.1, 0.15) is 12.8 Å². The molecule has 0 aliphatic carbocycles. The summed E-state index contributed by atoms with van der Waals surface area (Å²) in [6.45, 7) is 2.76. The zero-order valence-corrected chi connectivity index (χ0v) is 11.7. The van der Waals surface area contributed by atoms with Crippen LogP contribution in [0.3, 0.4) is 0 Å². The van der Waals surface area contributed by atoms with Crippen molar-refractivity contribution in [3.8, 4) is 11.4 Å². The van der Waals surface area contributed by atoms with Crippen LogP contribution in [0.4, 0.5) is 5.69 Å². The lowest BCUT2D eigenvalue weighted by atomic mass is 10.00. The van der Waals surface area contributed by atoms with Gasteiger partial charge in [0, 0.05) is 38.1 Å². The first-order valence-electron chi connectivity index (χ1n) is 7.09. The van der Waals surface area contributed by atoms with Crippen molar-refractivity contribution in [3.63, 3.8) is 0 Å². The van der Waals surface area contributed by atoms with Crippen LogP contribution in [0, 0.1) is 5.92 Å². The molecular weight excluding hydrogens is 252 g/mol. The Morgan fingerprint density at radius 2 is 2.10 bits per heavy atom. The predicted octanol–water partition coefficient (Wildman–Crippen LogP) is 2.32. The molecule has 1 saturated heterocycles. The largest absolute Gasteiger partial charge is 0.384 e. The molecule has 1 fully saturated rings. The van der Waals surface area contributed by atoms with E-state index in [0.717, 1.165) is 49.7 Å². The van der Waals surface area contributed by atoms with Crippen molar-refractivity contribution in [2.45, 2.75) is 12.8 Å². The molecule has 20 heavy (non-hydrogen) atoms. The van der Waals surface area contributed by atoms with Crippen LogP contribution in [0.15, 0.2) is 30.6 Å². The summed E-state index contributed by atoms with van der Waals surface area (Å²) in [6, 6.07) is 8.26. The maximum atomic E-state index is 5.40. The van der Waals surface area contributed by atoms with E-state index in [2.05, 4.69) is 27.6 Å². The van der Waals surface area contributed by atoms with E-state index in [-0.39, 0.29) is 0 Å². The van der Waals surface area contributed by atoms with E-state index in [1.54, 1.807) is 6.33 Å². The smallest absolute Gasteiger partial charge is 0.165 e. The van der Waals surface area contributed by atoms with E-state index in [0.29, 0.717) is 5.92 Å². The summed E-state index contributed by atoms with van der Waals surface area (Å²) in [6.07, 6.45) is 4.00. The number of anilines is 1. The Labute approximate surface area is 119 Å². The van der Waals surface area contributed by atoms with E-state index >= 15 is 0 Å². The molecule has 0 unspecified atom stereocenters. The summed E-state index contributed by atoms with van der Waals surface area (Å²) in [4.78, 5) is 0. The standard InChI is InChI=1S/C15H20N4O/c1-19-11-17-18-15(19)13-4-2-3-5-14(13)16-10-12-6-8-20-9-7-12/h2-5,11-12,16H,6-10H2,1H3. The minimum atomic E-state index is 0.691. The highest BCUT2D eigenvalue weighted by molar-refractivity contribution is 5.73. The van der Waals surface area contributed by atoms with Gasteiger partial charge in [-0.15, -0.1) is 10.2 Å². The normalized spacial score (nSPS) is 16.2. The van der Waals surface area contributed by atoms with Crippen LogP contribution in [0.2, 0.25) is 0 Å². The molecule has 1 aliphatic rings. The molecule has 5 heteroatoms. The molecule has 0 spiro atoms. The lowest BCUT2D eigenvalue weighted by Gasteiger charge is -2.23. The highest BCUT2D eigenvalue weighted by Crippen LogP contribution is 2.26. The van der Waals surface area contributed by atoms with Crippen LogP contribution in [0.5, 0.6) is 0 Å². The average molecular weight is 272 g/mol. The van der Waals surface area contributed by atoms with Gasteiger partial charge in [-0.3, -0.25) is 0 Å². The lowest BCUT2D eigenvalue weighted by Crippen LogP contribution is -2.22.